The monoisotopic (exact) mass is 273 g/mol. The van der Waals surface area contributed by atoms with Gasteiger partial charge in [0, 0.05) is 17.8 Å². The number of aromatic nitrogens is 1. The number of urea groups is 1. The molecule has 102 valence electrons. The molecule has 2 aromatic heterocycles. The van der Waals surface area contributed by atoms with Gasteiger partial charge in [-0.1, -0.05) is 6.58 Å². The van der Waals surface area contributed by atoms with Crippen molar-refractivity contribution in [3.63, 3.8) is 0 Å². The summed E-state index contributed by atoms with van der Waals surface area (Å²) in [6.07, 6.45) is 1.60. The number of hydrogen-bond acceptors (Lipinski definition) is 5. The van der Waals surface area contributed by atoms with Gasteiger partial charge in [-0.2, -0.15) is 0 Å². The smallest absolute Gasteiger partial charge is 0.322 e. The van der Waals surface area contributed by atoms with Gasteiger partial charge in [-0.05, 0) is 6.07 Å². The summed E-state index contributed by atoms with van der Waals surface area (Å²) in [6.45, 7) is 3.73. The van der Waals surface area contributed by atoms with Gasteiger partial charge in [0.15, 0.2) is 11.6 Å². The molecule has 2 aromatic rings. The lowest BCUT2D eigenvalue weighted by Gasteiger charge is -2.02. The Bertz CT molecular complexity index is 734. The van der Waals surface area contributed by atoms with E-state index in [4.69, 9.17) is 9.15 Å². The zero-order chi connectivity index (χ0) is 14.3. The molecule has 2 N–H and O–H groups in total. The van der Waals surface area contributed by atoms with Crippen LogP contribution in [0.5, 0.6) is 0 Å². The second kappa shape index (κ2) is 4.37. The maximum Gasteiger partial charge on any atom is 0.322 e. The Kier molecular flexibility index (Phi) is 2.67. The minimum atomic E-state index is -0.828. The molecule has 1 fully saturated rings. The van der Waals surface area contributed by atoms with Gasteiger partial charge in [0.2, 0.25) is 0 Å². The third-order valence-electron chi connectivity index (χ3n) is 3.02. The number of imide groups is 1. The van der Waals surface area contributed by atoms with E-state index < -0.39 is 18.0 Å². The standard InChI is InChI=1S/C13H11N3O4/c1-6(19-2)7-3-9-8(14-5-7)4-10(20-9)11-12(17)16-13(18)15-11/h3-5,11H,1H2,2H3,(H2,15,16,17,18). The van der Waals surface area contributed by atoms with Crippen LogP contribution in [0.25, 0.3) is 16.9 Å². The summed E-state index contributed by atoms with van der Waals surface area (Å²) in [5.41, 5.74) is 1.76. The third-order valence-corrected chi connectivity index (χ3v) is 3.02. The van der Waals surface area contributed by atoms with Crippen LogP contribution in [0, 0.1) is 0 Å². The topological polar surface area (TPSA) is 93.5 Å². The van der Waals surface area contributed by atoms with Gasteiger partial charge >= 0.3 is 6.03 Å². The van der Waals surface area contributed by atoms with Crippen molar-refractivity contribution in [1.29, 1.82) is 0 Å². The first-order valence-corrected chi connectivity index (χ1v) is 5.82. The molecule has 0 aromatic carbocycles. The molecule has 0 radical (unpaired) electrons. The van der Waals surface area contributed by atoms with Crippen molar-refractivity contribution in [2.24, 2.45) is 0 Å². The highest BCUT2D eigenvalue weighted by atomic mass is 16.5. The number of methoxy groups -OCH3 is 1. The fraction of sp³-hybridized carbons (Fsp3) is 0.154. The van der Waals surface area contributed by atoms with Crippen LogP contribution in [0.15, 0.2) is 29.3 Å². The molecule has 0 spiro atoms. The molecule has 7 heteroatoms. The van der Waals surface area contributed by atoms with E-state index in [1.807, 2.05) is 0 Å². The van der Waals surface area contributed by atoms with Gasteiger partial charge in [-0.3, -0.25) is 15.1 Å². The van der Waals surface area contributed by atoms with Gasteiger partial charge in [0.05, 0.1) is 7.11 Å². The predicted molar refractivity (Wildman–Crippen MR) is 69.5 cm³/mol. The fourth-order valence-electron chi connectivity index (χ4n) is 1.97. The number of pyridine rings is 1. The van der Waals surface area contributed by atoms with Crippen LogP contribution in [0.3, 0.4) is 0 Å². The van der Waals surface area contributed by atoms with E-state index in [-0.39, 0.29) is 0 Å². The van der Waals surface area contributed by atoms with Crippen LogP contribution in [0.1, 0.15) is 17.4 Å². The Balaban J connectivity index is 2.00. The van der Waals surface area contributed by atoms with Crippen molar-refractivity contribution < 1.29 is 18.7 Å². The van der Waals surface area contributed by atoms with Crippen molar-refractivity contribution in [3.8, 4) is 0 Å². The summed E-state index contributed by atoms with van der Waals surface area (Å²) < 4.78 is 10.6. The van der Waals surface area contributed by atoms with Crippen LogP contribution in [-0.4, -0.2) is 24.0 Å². The zero-order valence-corrected chi connectivity index (χ0v) is 10.6. The van der Waals surface area contributed by atoms with Gasteiger partial charge in [-0.25, -0.2) is 4.79 Å². The van der Waals surface area contributed by atoms with Crippen LogP contribution in [0.4, 0.5) is 4.79 Å². The van der Waals surface area contributed by atoms with E-state index in [0.29, 0.717) is 28.2 Å². The molecule has 1 saturated heterocycles. The zero-order valence-electron chi connectivity index (χ0n) is 10.6. The first-order valence-electron chi connectivity index (χ1n) is 5.82. The third kappa shape index (κ3) is 1.89. The highest BCUT2D eigenvalue weighted by molar-refractivity contribution is 6.04. The average molecular weight is 273 g/mol. The van der Waals surface area contributed by atoms with Crippen molar-refractivity contribution in [3.05, 3.63) is 36.2 Å². The lowest BCUT2D eigenvalue weighted by Crippen LogP contribution is -2.22. The van der Waals surface area contributed by atoms with Crippen molar-refractivity contribution in [1.82, 2.24) is 15.6 Å². The number of amides is 3. The Morgan fingerprint density at radius 2 is 2.25 bits per heavy atom. The number of nitrogens with zero attached hydrogens (tertiary/aromatic N) is 1. The molecule has 1 unspecified atom stereocenters. The number of nitrogens with one attached hydrogen (secondary N) is 2. The van der Waals surface area contributed by atoms with E-state index in [9.17, 15) is 9.59 Å². The highest BCUT2D eigenvalue weighted by Gasteiger charge is 2.33. The van der Waals surface area contributed by atoms with Gasteiger partial charge < -0.3 is 14.5 Å². The van der Waals surface area contributed by atoms with Crippen molar-refractivity contribution >= 4 is 28.8 Å². The maximum absolute atomic E-state index is 11.6. The number of furan rings is 1. The number of fused-ring (bicyclic) bond motifs is 1. The number of hydrogen-bond donors (Lipinski definition) is 2. The SMILES string of the molecule is C=C(OC)c1cnc2cc(C3NC(=O)NC3=O)oc2c1. The Morgan fingerprint density at radius 1 is 1.45 bits per heavy atom. The van der Waals surface area contributed by atoms with Gasteiger partial charge in [0.25, 0.3) is 5.91 Å². The highest BCUT2D eigenvalue weighted by Crippen LogP contribution is 2.26. The normalized spacial score (nSPS) is 17.9. The number of carbonyl (C=O) groups excluding carboxylic acids is 2. The van der Waals surface area contributed by atoms with Gasteiger partial charge in [0.1, 0.15) is 17.0 Å². The number of ether oxygens (including phenoxy) is 1. The predicted octanol–water partition coefficient (Wildman–Crippen LogP) is 1.33. The minimum absolute atomic E-state index is 0.330. The lowest BCUT2D eigenvalue weighted by atomic mass is 10.2. The quantitative estimate of drug-likeness (QED) is 0.650. The summed E-state index contributed by atoms with van der Waals surface area (Å²) in [6, 6.07) is 1.96. The summed E-state index contributed by atoms with van der Waals surface area (Å²) in [5.74, 6) is 0.343. The molecule has 0 bridgehead atoms. The van der Waals surface area contributed by atoms with Crippen LogP contribution in [0.2, 0.25) is 0 Å². The second-order valence-electron chi connectivity index (χ2n) is 4.28. The molecular formula is C13H11N3O4. The Labute approximate surface area is 113 Å². The maximum atomic E-state index is 11.6. The van der Waals surface area contributed by atoms with Crippen LogP contribution < -0.4 is 10.6 Å². The molecule has 1 aliphatic rings. The van der Waals surface area contributed by atoms with E-state index >= 15 is 0 Å². The van der Waals surface area contributed by atoms with Crippen LogP contribution >= 0.6 is 0 Å². The Morgan fingerprint density at radius 3 is 2.90 bits per heavy atom. The average Bonchev–Trinajstić information content (AvgIpc) is 2.99. The fourth-order valence-corrected chi connectivity index (χ4v) is 1.97. The van der Waals surface area contributed by atoms with E-state index in [1.165, 1.54) is 7.11 Å². The van der Waals surface area contributed by atoms with E-state index in [2.05, 4.69) is 22.2 Å². The molecule has 3 amide bonds. The van der Waals surface area contributed by atoms with Crippen molar-refractivity contribution in [2.75, 3.05) is 7.11 Å². The molecule has 3 heterocycles. The largest absolute Gasteiger partial charge is 0.497 e. The molecule has 20 heavy (non-hydrogen) atoms. The summed E-state index contributed by atoms with van der Waals surface area (Å²) in [4.78, 5) is 26.9. The lowest BCUT2D eigenvalue weighted by molar-refractivity contribution is -0.120. The molecule has 1 aliphatic heterocycles. The van der Waals surface area contributed by atoms with E-state index in [0.717, 1.165) is 0 Å². The van der Waals surface area contributed by atoms with E-state index in [1.54, 1.807) is 18.3 Å². The van der Waals surface area contributed by atoms with Gasteiger partial charge in [-0.15, -0.1) is 0 Å². The summed E-state index contributed by atoms with van der Waals surface area (Å²) in [7, 11) is 1.51. The minimum Gasteiger partial charge on any atom is -0.497 e. The molecule has 3 rings (SSSR count). The first-order chi connectivity index (χ1) is 9.58. The Hall–Kier alpha value is -2.83. The molecular weight excluding hydrogens is 262 g/mol. The molecule has 1 atom stereocenters. The van der Waals surface area contributed by atoms with Crippen molar-refractivity contribution in [2.45, 2.75) is 6.04 Å². The van der Waals surface area contributed by atoms with Crippen LogP contribution in [-0.2, 0) is 9.53 Å². The molecule has 0 aliphatic carbocycles. The number of carbonyl (C=O) groups is 2. The summed E-state index contributed by atoms with van der Waals surface area (Å²) >= 11 is 0. The number of rotatable bonds is 3. The molecule has 7 nitrogen and oxygen atoms in total. The summed E-state index contributed by atoms with van der Waals surface area (Å²) in [5, 5.41) is 4.61. The second-order valence-corrected chi connectivity index (χ2v) is 4.28. The first kappa shape index (κ1) is 12.2. The molecule has 0 saturated carbocycles.